The summed E-state index contributed by atoms with van der Waals surface area (Å²) in [4.78, 5) is 23.7. The molecule has 1 aliphatic heterocycles. The minimum Gasteiger partial charge on any atom is -0.330 e. The maximum absolute atomic E-state index is 12.4. The van der Waals surface area contributed by atoms with Gasteiger partial charge in [-0.15, -0.1) is 0 Å². The lowest BCUT2D eigenvalue weighted by Crippen LogP contribution is -2.29. The minimum atomic E-state index is 0.0331. The van der Waals surface area contributed by atoms with E-state index in [-0.39, 0.29) is 17.7 Å². The quantitative estimate of drug-likeness (QED) is 0.793. The van der Waals surface area contributed by atoms with Crippen LogP contribution in [0.3, 0.4) is 0 Å². The van der Waals surface area contributed by atoms with Crippen molar-refractivity contribution >= 4 is 23.2 Å². The highest BCUT2D eigenvalue weighted by Crippen LogP contribution is 2.32. The molecule has 1 aromatic rings. The second-order valence-electron chi connectivity index (χ2n) is 5.94. The van der Waals surface area contributed by atoms with E-state index in [9.17, 15) is 9.59 Å². The molecule has 1 fully saturated rings. The Labute approximate surface area is 124 Å². The average molecular weight is 287 g/mol. The van der Waals surface area contributed by atoms with Crippen LogP contribution in [0.15, 0.2) is 18.2 Å². The number of nitrogens with two attached hydrogens (primary N) is 1. The molecule has 2 unspecified atom stereocenters. The van der Waals surface area contributed by atoms with E-state index in [0.29, 0.717) is 18.9 Å². The maximum atomic E-state index is 12.4. The molecule has 0 saturated heterocycles. The van der Waals surface area contributed by atoms with E-state index in [2.05, 4.69) is 10.6 Å². The van der Waals surface area contributed by atoms with Gasteiger partial charge in [0.15, 0.2) is 0 Å². The molecule has 0 spiro atoms. The van der Waals surface area contributed by atoms with Crippen molar-refractivity contribution in [2.45, 2.75) is 32.1 Å². The Bertz CT molecular complexity index is 571. The molecule has 21 heavy (non-hydrogen) atoms. The predicted octanol–water partition coefficient (Wildman–Crippen LogP) is 1.88. The lowest BCUT2D eigenvalue weighted by molar-refractivity contribution is -0.120. The van der Waals surface area contributed by atoms with Crippen molar-refractivity contribution in [1.29, 1.82) is 0 Å². The third-order valence-electron chi connectivity index (χ3n) is 4.57. The molecule has 2 aliphatic rings. The molecule has 3 rings (SSSR count). The van der Waals surface area contributed by atoms with Gasteiger partial charge in [0, 0.05) is 23.7 Å². The Kier molecular flexibility index (Phi) is 3.92. The normalized spacial score (nSPS) is 24.3. The summed E-state index contributed by atoms with van der Waals surface area (Å²) in [5.74, 6) is 0.464. The van der Waals surface area contributed by atoms with Crippen LogP contribution in [-0.4, -0.2) is 18.4 Å². The zero-order valence-electron chi connectivity index (χ0n) is 12.0. The summed E-state index contributed by atoms with van der Waals surface area (Å²) in [6, 6.07) is 5.66. The summed E-state index contributed by atoms with van der Waals surface area (Å²) in [5.41, 5.74) is 8.47. The fraction of sp³-hybridized carbons (Fsp3) is 0.500. The van der Waals surface area contributed by atoms with Crippen LogP contribution in [-0.2, 0) is 16.0 Å². The first kappa shape index (κ1) is 14.1. The largest absolute Gasteiger partial charge is 0.330 e. The Morgan fingerprint density at radius 2 is 2.19 bits per heavy atom. The van der Waals surface area contributed by atoms with E-state index in [1.165, 1.54) is 0 Å². The number of carbonyl (C=O) groups excluding carboxylic acids is 2. The Balaban J connectivity index is 1.70. The molecule has 0 bridgehead atoms. The first-order valence-corrected chi connectivity index (χ1v) is 7.61. The Morgan fingerprint density at radius 1 is 1.33 bits per heavy atom. The van der Waals surface area contributed by atoms with Crippen molar-refractivity contribution in [3.8, 4) is 0 Å². The van der Waals surface area contributed by atoms with Crippen molar-refractivity contribution in [2.75, 3.05) is 17.2 Å². The second-order valence-corrected chi connectivity index (χ2v) is 5.94. The third-order valence-corrected chi connectivity index (χ3v) is 4.57. The summed E-state index contributed by atoms with van der Waals surface area (Å²) >= 11 is 0. The maximum Gasteiger partial charge on any atom is 0.227 e. The first-order chi connectivity index (χ1) is 10.2. The van der Waals surface area contributed by atoms with Gasteiger partial charge in [-0.25, -0.2) is 0 Å². The van der Waals surface area contributed by atoms with Gasteiger partial charge < -0.3 is 16.4 Å². The number of nitrogens with one attached hydrogen (secondary N) is 2. The molecule has 2 atom stereocenters. The van der Waals surface area contributed by atoms with Gasteiger partial charge in [0.2, 0.25) is 11.8 Å². The van der Waals surface area contributed by atoms with Crippen LogP contribution in [0.25, 0.3) is 0 Å². The van der Waals surface area contributed by atoms with Crippen LogP contribution in [0.2, 0.25) is 0 Å². The number of hydrogen-bond donors (Lipinski definition) is 3. The predicted molar refractivity (Wildman–Crippen MR) is 81.9 cm³/mol. The second kappa shape index (κ2) is 5.85. The van der Waals surface area contributed by atoms with Crippen LogP contribution in [0.4, 0.5) is 11.4 Å². The lowest BCUT2D eigenvalue weighted by Gasteiger charge is -2.20. The van der Waals surface area contributed by atoms with Crippen LogP contribution in [0, 0.1) is 11.8 Å². The van der Waals surface area contributed by atoms with Gasteiger partial charge >= 0.3 is 0 Å². The number of rotatable bonds is 3. The summed E-state index contributed by atoms with van der Waals surface area (Å²) in [6.45, 7) is 0.578. The van der Waals surface area contributed by atoms with Crippen LogP contribution in [0.5, 0.6) is 0 Å². The van der Waals surface area contributed by atoms with E-state index in [4.69, 9.17) is 5.73 Å². The first-order valence-electron chi connectivity index (χ1n) is 7.61. The molecular weight excluding hydrogens is 266 g/mol. The zero-order chi connectivity index (χ0) is 14.8. The Morgan fingerprint density at radius 3 is 3.00 bits per heavy atom. The zero-order valence-corrected chi connectivity index (χ0v) is 12.0. The molecule has 5 heteroatoms. The highest BCUT2D eigenvalue weighted by molar-refractivity contribution is 5.96. The number of hydrogen-bond acceptors (Lipinski definition) is 3. The van der Waals surface area contributed by atoms with Crippen LogP contribution >= 0.6 is 0 Å². The van der Waals surface area contributed by atoms with E-state index in [0.717, 1.165) is 42.6 Å². The molecular formula is C16H21N3O2. The van der Waals surface area contributed by atoms with E-state index in [1.54, 1.807) is 0 Å². The Hall–Kier alpha value is -1.88. The average Bonchev–Trinajstić information content (AvgIpc) is 2.96. The van der Waals surface area contributed by atoms with Gasteiger partial charge in [-0.1, -0.05) is 6.42 Å². The van der Waals surface area contributed by atoms with Crippen molar-refractivity contribution in [3.63, 3.8) is 0 Å². The number of aryl methyl sites for hydroxylation is 1. The van der Waals surface area contributed by atoms with E-state index >= 15 is 0 Å². The SMILES string of the molecule is NCC1CCCC1C(=O)Nc1ccc2c(c1)CCC(=O)N2. The molecule has 4 N–H and O–H groups in total. The molecule has 1 aromatic carbocycles. The number of carbonyl (C=O) groups is 2. The summed E-state index contributed by atoms with van der Waals surface area (Å²) < 4.78 is 0. The summed E-state index contributed by atoms with van der Waals surface area (Å²) in [5, 5.41) is 5.85. The van der Waals surface area contributed by atoms with Crippen molar-refractivity contribution in [2.24, 2.45) is 17.6 Å². The molecule has 0 aromatic heterocycles. The standard InChI is InChI=1S/C16H21N3O2/c17-9-11-2-1-3-13(11)16(21)18-12-5-6-14-10(8-12)4-7-15(20)19-14/h5-6,8,11,13H,1-4,7,9,17H2,(H,18,21)(H,19,20). The van der Waals surface area contributed by atoms with Gasteiger partial charge in [0.05, 0.1) is 0 Å². The highest BCUT2D eigenvalue weighted by atomic mass is 16.2. The smallest absolute Gasteiger partial charge is 0.227 e. The molecule has 1 heterocycles. The van der Waals surface area contributed by atoms with Crippen molar-refractivity contribution < 1.29 is 9.59 Å². The number of fused-ring (bicyclic) bond motifs is 1. The topological polar surface area (TPSA) is 84.2 Å². The number of anilines is 2. The molecule has 112 valence electrons. The van der Waals surface area contributed by atoms with Gasteiger partial charge in [-0.2, -0.15) is 0 Å². The molecule has 5 nitrogen and oxygen atoms in total. The lowest BCUT2D eigenvalue weighted by atomic mass is 9.95. The van der Waals surface area contributed by atoms with Gasteiger partial charge in [0.1, 0.15) is 0 Å². The van der Waals surface area contributed by atoms with Crippen molar-refractivity contribution in [3.05, 3.63) is 23.8 Å². The molecule has 1 saturated carbocycles. The summed E-state index contributed by atoms with van der Waals surface area (Å²) in [7, 11) is 0. The van der Waals surface area contributed by atoms with Crippen LogP contribution < -0.4 is 16.4 Å². The third kappa shape index (κ3) is 2.93. The monoisotopic (exact) mass is 287 g/mol. The molecule has 1 aliphatic carbocycles. The van der Waals surface area contributed by atoms with Crippen LogP contribution in [0.1, 0.15) is 31.2 Å². The van der Waals surface area contributed by atoms with Gasteiger partial charge in [-0.3, -0.25) is 9.59 Å². The van der Waals surface area contributed by atoms with E-state index < -0.39 is 0 Å². The van der Waals surface area contributed by atoms with Gasteiger partial charge in [-0.05, 0) is 55.5 Å². The highest BCUT2D eigenvalue weighted by Gasteiger charge is 2.32. The molecule has 0 radical (unpaired) electrons. The van der Waals surface area contributed by atoms with Crippen molar-refractivity contribution in [1.82, 2.24) is 0 Å². The number of amides is 2. The van der Waals surface area contributed by atoms with E-state index in [1.807, 2.05) is 18.2 Å². The fourth-order valence-corrected chi connectivity index (χ4v) is 3.36. The van der Waals surface area contributed by atoms with Gasteiger partial charge in [0.25, 0.3) is 0 Å². The number of benzene rings is 1. The molecule has 2 amide bonds. The fourth-order valence-electron chi connectivity index (χ4n) is 3.36. The summed E-state index contributed by atoms with van der Waals surface area (Å²) in [6.07, 6.45) is 4.28. The minimum absolute atomic E-state index is 0.0331.